The molecule has 1 amide bonds. The molecule has 2 rings (SSSR count). The molecule has 0 saturated heterocycles. The highest BCUT2D eigenvalue weighted by atomic mass is 16.5. The quantitative estimate of drug-likeness (QED) is 0.793. The standard InChI is InChI=1S/C18H19NO3/c1-14(2)12-22-17-11-7-6-10-16(17)19-18(20)13-21-15-8-4-3-5-9-15/h3-11H,1,12-13H2,2H3,(H,19,20). The van der Waals surface area contributed by atoms with Gasteiger partial charge in [-0.25, -0.2) is 0 Å². The third-order valence-corrected chi connectivity index (χ3v) is 2.75. The van der Waals surface area contributed by atoms with Gasteiger partial charge in [0, 0.05) is 0 Å². The monoisotopic (exact) mass is 297 g/mol. The van der Waals surface area contributed by atoms with Crippen LogP contribution >= 0.6 is 0 Å². The Hall–Kier alpha value is -2.75. The Labute approximate surface area is 130 Å². The number of ether oxygens (including phenoxy) is 2. The second-order valence-electron chi connectivity index (χ2n) is 4.89. The summed E-state index contributed by atoms with van der Waals surface area (Å²) in [6.45, 7) is 6.03. The Morgan fingerprint density at radius 3 is 2.41 bits per heavy atom. The van der Waals surface area contributed by atoms with E-state index in [4.69, 9.17) is 9.47 Å². The van der Waals surface area contributed by atoms with Crippen molar-refractivity contribution in [2.24, 2.45) is 0 Å². The zero-order valence-corrected chi connectivity index (χ0v) is 12.5. The predicted molar refractivity (Wildman–Crippen MR) is 87.3 cm³/mol. The van der Waals surface area contributed by atoms with Crippen LogP contribution in [0.3, 0.4) is 0 Å². The molecule has 0 aliphatic heterocycles. The Bertz CT molecular complexity index is 638. The van der Waals surface area contributed by atoms with E-state index < -0.39 is 0 Å². The second kappa shape index (κ2) is 7.88. The van der Waals surface area contributed by atoms with Crippen LogP contribution in [0.1, 0.15) is 6.92 Å². The molecule has 0 bridgehead atoms. The minimum atomic E-state index is -0.241. The summed E-state index contributed by atoms with van der Waals surface area (Å²) in [5.74, 6) is 1.03. The summed E-state index contributed by atoms with van der Waals surface area (Å²) in [4.78, 5) is 12.0. The van der Waals surface area contributed by atoms with E-state index in [1.54, 1.807) is 24.3 Å². The van der Waals surface area contributed by atoms with E-state index in [1.807, 2.05) is 37.3 Å². The first kappa shape index (κ1) is 15.6. The second-order valence-corrected chi connectivity index (χ2v) is 4.89. The van der Waals surface area contributed by atoms with Crippen molar-refractivity contribution < 1.29 is 14.3 Å². The maximum absolute atomic E-state index is 12.0. The lowest BCUT2D eigenvalue weighted by molar-refractivity contribution is -0.118. The first-order valence-electron chi connectivity index (χ1n) is 6.99. The lowest BCUT2D eigenvalue weighted by atomic mass is 10.3. The van der Waals surface area contributed by atoms with Gasteiger partial charge in [-0.1, -0.05) is 36.9 Å². The molecule has 0 aliphatic carbocycles. The molecule has 0 spiro atoms. The summed E-state index contributed by atoms with van der Waals surface area (Å²) in [6.07, 6.45) is 0. The average Bonchev–Trinajstić information content (AvgIpc) is 2.53. The number of carbonyl (C=O) groups excluding carboxylic acids is 1. The van der Waals surface area contributed by atoms with Crippen LogP contribution < -0.4 is 14.8 Å². The molecule has 0 fully saturated rings. The van der Waals surface area contributed by atoms with Gasteiger partial charge in [0.2, 0.25) is 0 Å². The molecule has 22 heavy (non-hydrogen) atoms. The van der Waals surface area contributed by atoms with Gasteiger partial charge in [0.15, 0.2) is 6.61 Å². The third kappa shape index (κ3) is 4.98. The normalized spacial score (nSPS) is 9.86. The van der Waals surface area contributed by atoms with Crippen LogP contribution in [0.4, 0.5) is 5.69 Å². The highest BCUT2D eigenvalue weighted by molar-refractivity contribution is 5.93. The molecule has 0 radical (unpaired) electrons. The minimum Gasteiger partial charge on any atom is -0.487 e. The lowest BCUT2D eigenvalue weighted by Gasteiger charge is -2.12. The third-order valence-electron chi connectivity index (χ3n) is 2.75. The number of para-hydroxylation sites is 3. The van der Waals surface area contributed by atoms with Crippen molar-refractivity contribution in [3.63, 3.8) is 0 Å². The van der Waals surface area contributed by atoms with Crippen molar-refractivity contribution >= 4 is 11.6 Å². The Balaban J connectivity index is 1.92. The van der Waals surface area contributed by atoms with Gasteiger partial charge in [-0.05, 0) is 36.8 Å². The van der Waals surface area contributed by atoms with Gasteiger partial charge < -0.3 is 14.8 Å². The van der Waals surface area contributed by atoms with E-state index in [9.17, 15) is 4.79 Å². The molecule has 0 aliphatic rings. The zero-order valence-electron chi connectivity index (χ0n) is 12.5. The van der Waals surface area contributed by atoms with Crippen molar-refractivity contribution in [2.75, 3.05) is 18.5 Å². The molecule has 0 heterocycles. The molecule has 2 aromatic carbocycles. The molecule has 0 aromatic heterocycles. The van der Waals surface area contributed by atoms with E-state index in [1.165, 1.54) is 0 Å². The molecule has 4 heteroatoms. The van der Waals surface area contributed by atoms with Gasteiger partial charge in [0.05, 0.1) is 5.69 Å². The maximum Gasteiger partial charge on any atom is 0.262 e. The van der Waals surface area contributed by atoms with Gasteiger partial charge in [-0.3, -0.25) is 4.79 Å². The number of hydrogen-bond donors (Lipinski definition) is 1. The summed E-state index contributed by atoms with van der Waals surface area (Å²) >= 11 is 0. The molecule has 0 atom stereocenters. The van der Waals surface area contributed by atoms with Crippen LogP contribution in [-0.4, -0.2) is 19.1 Å². The molecule has 114 valence electrons. The van der Waals surface area contributed by atoms with Crippen LogP contribution in [0.2, 0.25) is 0 Å². The number of carbonyl (C=O) groups is 1. The predicted octanol–water partition coefficient (Wildman–Crippen LogP) is 3.66. The number of hydrogen-bond acceptors (Lipinski definition) is 3. The van der Waals surface area contributed by atoms with E-state index in [0.29, 0.717) is 23.8 Å². The molecule has 4 nitrogen and oxygen atoms in total. The van der Waals surface area contributed by atoms with E-state index >= 15 is 0 Å². The summed E-state index contributed by atoms with van der Waals surface area (Å²) < 4.78 is 11.0. The molecule has 1 N–H and O–H groups in total. The van der Waals surface area contributed by atoms with Crippen molar-refractivity contribution in [1.82, 2.24) is 0 Å². The smallest absolute Gasteiger partial charge is 0.262 e. The summed E-state index contributed by atoms with van der Waals surface area (Å²) in [6, 6.07) is 16.5. The van der Waals surface area contributed by atoms with Crippen molar-refractivity contribution in [3.05, 3.63) is 66.7 Å². The Kier molecular flexibility index (Phi) is 5.60. The Morgan fingerprint density at radius 2 is 1.68 bits per heavy atom. The van der Waals surface area contributed by atoms with Gasteiger partial charge in [0.1, 0.15) is 18.1 Å². The fourth-order valence-electron chi connectivity index (χ4n) is 1.75. The van der Waals surface area contributed by atoms with Crippen LogP contribution in [0.5, 0.6) is 11.5 Å². The highest BCUT2D eigenvalue weighted by Gasteiger charge is 2.08. The zero-order chi connectivity index (χ0) is 15.8. The molecular formula is C18H19NO3. The highest BCUT2D eigenvalue weighted by Crippen LogP contribution is 2.24. The van der Waals surface area contributed by atoms with E-state index in [0.717, 1.165) is 5.57 Å². The molecule has 2 aromatic rings. The molecule has 0 saturated carbocycles. The van der Waals surface area contributed by atoms with Crippen molar-refractivity contribution in [1.29, 1.82) is 0 Å². The van der Waals surface area contributed by atoms with Gasteiger partial charge >= 0.3 is 0 Å². The van der Waals surface area contributed by atoms with Gasteiger partial charge in [0.25, 0.3) is 5.91 Å². The largest absolute Gasteiger partial charge is 0.487 e. The van der Waals surface area contributed by atoms with Gasteiger partial charge in [-0.2, -0.15) is 0 Å². The summed E-state index contributed by atoms with van der Waals surface area (Å²) in [5, 5.41) is 2.79. The van der Waals surface area contributed by atoms with Crippen LogP contribution in [0.15, 0.2) is 66.7 Å². The minimum absolute atomic E-state index is 0.0567. The number of anilines is 1. The Morgan fingerprint density at radius 1 is 1.00 bits per heavy atom. The number of amides is 1. The van der Waals surface area contributed by atoms with Crippen LogP contribution in [0.25, 0.3) is 0 Å². The number of nitrogens with one attached hydrogen (secondary N) is 1. The van der Waals surface area contributed by atoms with Crippen LogP contribution in [0, 0.1) is 0 Å². The summed E-state index contributed by atoms with van der Waals surface area (Å²) in [7, 11) is 0. The lowest BCUT2D eigenvalue weighted by Crippen LogP contribution is -2.20. The number of rotatable bonds is 7. The maximum atomic E-state index is 12.0. The first-order valence-corrected chi connectivity index (χ1v) is 6.99. The van der Waals surface area contributed by atoms with Crippen LogP contribution in [-0.2, 0) is 4.79 Å². The fraction of sp³-hybridized carbons (Fsp3) is 0.167. The average molecular weight is 297 g/mol. The molecule has 0 unspecified atom stereocenters. The summed E-state index contributed by atoms with van der Waals surface area (Å²) in [5.41, 5.74) is 1.53. The molecular weight excluding hydrogens is 278 g/mol. The van der Waals surface area contributed by atoms with Crippen molar-refractivity contribution in [3.8, 4) is 11.5 Å². The topological polar surface area (TPSA) is 47.6 Å². The van der Waals surface area contributed by atoms with Gasteiger partial charge in [-0.15, -0.1) is 0 Å². The fourth-order valence-corrected chi connectivity index (χ4v) is 1.75. The first-order chi connectivity index (χ1) is 10.6. The van der Waals surface area contributed by atoms with Crippen molar-refractivity contribution in [2.45, 2.75) is 6.92 Å². The van der Waals surface area contributed by atoms with E-state index in [-0.39, 0.29) is 12.5 Å². The number of benzene rings is 2. The SMILES string of the molecule is C=C(C)COc1ccccc1NC(=O)COc1ccccc1. The van der Waals surface area contributed by atoms with E-state index in [2.05, 4.69) is 11.9 Å².